The molecule has 9 heteroatoms. The molecule has 0 aliphatic carbocycles. The SMILES string of the molecule is CCN(CCO)C(=O)COc1ccc(-n2cnc3cc(-c4ccc(C)cc4)sc3c2=O)cc1OC. The number of nitrogens with zero attached hydrogens (tertiary/aromatic N) is 3. The fourth-order valence-corrected chi connectivity index (χ4v) is 4.74. The van der Waals surface area contributed by atoms with E-state index in [4.69, 9.17) is 14.6 Å². The number of likely N-dealkylation sites (N-methyl/N-ethyl adjacent to an activating group) is 1. The minimum absolute atomic E-state index is 0.110. The van der Waals surface area contributed by atoms with Crippen molar-refractivity contribution >= 4 is 27.5 Å². The third-order valence-corrected chi connectivity index (χ3v) is 6.82. The number of rotatable bonds is 9. The highest BCUT2D eigenvalue weighted by molar-refractivity contribution is 7.22. The zero-order valence-corrected chi connectivity index (χ0v) is 20.7. The van der Waals surface area contributed by atoms with Gasteiger partial charge in [-0.3, -0.25) is 14.2 Å². The van der Waals surface area contributed by atoms with Crippen LogP contribution in [0.25, 0.3) is 26.3 Å². The zero-order chi connectivity index (χ0) is 24.9. The first-order valence-electron chi connectivity index (χ1n) is 11.2. The number of thiophene rings is 1. The van der Waals surface area contributed by atoms with E-state index in [1.807, 2.05) is 44.2 Å². The third-order valence-electron chi connectivity index (χ3n) is 5.65. The topological polar surface area (TPSA) is 93.9 Å². The van der Waals surface area contributed by atoms with E-state index in [-0.39, 0.29) is 31.2 Å². The Balaban J connectivity index is 1.61. The van der Waals surface area contributed by atoms with Crippen molar-refractivity contribution in [1.82, 2.24) is 14.5 Å². The summed E-state index contributed by atoms with van der Waals surface area (Å²) in [5.41, 5.74) is 3.27. The van der Waals surface area contributed by atoms with Crippen molar-refractivity contribution in [2.24, 2.45) is 0 Å². The molecule has 0 aliphatic rings. The Labute approximate surface area is 207 Å². The summed E-state index contributed by atoms with van der Waals surface area (Å²) >= 11 is 1.41. The molecule has 2 aromatic carbocycles. The summed E-state index contributed by atoms with van der Waals surface area (Å²) in [6, 6.07) is 15.1. The number of carbonyl (C=O) groups is 1. The predicted octanol–water partition coefficient (Wildman–Crippen LogP) is 3.65. The molecule has 0 spiro atoms. The number of fused-ring (bicyclic) bond motifs is 1. The summed E-state index contributed by atoms with van der Waals surface area (Å²) in [6.45, 7) is 4.31. The summed E-state index contributed by atoms with van der Waals surface area (Å²) in [6.07, 6.45) is 1.50. The van der Waals surface area contributed by atoms with Crippen LogP contribution >= 0.6 is 11.3 Å². The van der Waals surface area contributed by atoms with Crippen molar-refractivity contribution in [1.29, 1.82) is 0 Å². The lowest BCUT2D eigenvalue weighted by Gasteiger charge is -2.20. The molecule has 0 aliphatic heterocycles. The molecule has 0 atom stereocenters. The van der Waals surface area contributed by atoms with Crippen molar-refractivity contribution in [2.45, 2.75) is 13.8 Å². The van der Waals surface area contributed by atoms with Crippen molar-refractivity contribution in [3.63, 3.8) is 0 Å². The summed E-state index contributed by atoms with van der Waals surface area (Å²) in [7, 11) is 1.50. The zero-order valence-electron chi connectivity index (χ0n) is 19.9. The fourth-order valence-electron chi connectivity index (χ4n) is 3.69. The number of ether oxygens (including phenoxy) is 2. The summed E-state index contributed by atoms with van der Waals surface area (Å²) < 4.78 is 13.2. The van der Waals surface area contributed by atoms with Gasteiger partial charge < -0.3 is 19.5 Å². The molecule has 0 radical (unpaired) electrons. The van der Waals surface area contributed by atoms with Gasteiger partial charge in [0.25, 0.3) is 11.5 Å². The minimum Gasteiger partial charge on any atom is -0.493 e. The molecule has 0 saturated carbocycles. The van der Waals surface area contributed by atoms with Crippen LogP contribution in [-0.4, -0.2) is 58.9 Å². The number of methoxy groups -OCH3 is 1. The van der Waals surface area contributed by atoms with Crippen molar-refractivity contribution in [2.75, 3.05) is 33.4 Å². The van der Waals surface area contributed by atoms with Gasteiger partial charge in [-0.25, -0.2) is 4.98 Å². The molecule has 1 amide bonds. The van der Waals surface area contributed by atoms with E-state index in [0.717, 1.165) is 10.4 Å². The van der Waals surface area contributed by atoms with Gasteiger partial charge in [0.05, 0.1) is 24.9 Å². The van der Waals surface area contributed by atoms with E-state index in [9.17, 15) is 9.59 Å². The molecule has 35 heavy (non-hydrogen) atoms. The van der Waals surface area contributed by atoms with E-state index in [2.05, 4.69) is 4.98 Å². The van der Waals surface area contributed by atoms with Gasteiger partial charge >= 0.3 is 0 Å². The number of hydrogen-bond acceptors (Lipinski definition) is 7. The Bertz CT molecular complexity index is 1390. The Morgan fingerprint density at radius 1 is 1.14 bits per heavy atom. The monoisotopic (exact) mass is 493 g/mol. The summed E-state index contributed by atoms with van der Waals surface area (Å²) in [4.78, 5) is 32.6. The number of aliphatic hydroxyl groups is 1. The maximum atomic E-state index is 13.3. The smallest absolute Gasteiger partial charge is 0.275 e. The minimum atomic E-state index is -0.236. The number of amides is 1. The standard InChI is InChI=1S/C26H27N3O5S/c1-4-28(11-12-30)24(31)15-34-21-10-9-19(13-22(21)33-3)29-16-27-20-14-23(35-25(20)26(29)32)18-7-5-17(2)6-8-18/h5-10,13-14,16,30H,4,11-12,15H2,1-3H3. The molecule has 0 unspecified atom stereocenters. The average Bonchev–Trinajstić information content (AvgIpc) is 3.32. The van der Waals surface area contributed by atoms with Crippen LogP contribution in [0.2, 0.25) is 0 Å². The van der Waals surface area contributed by atoms with Crippen LogP contribution in [0.1, 0.15) is 12.5 Å². The quantitative estimate of drug-likeness (QED) is 0.383. The molecular weight excluding hydrogens is 466 g/mol. The van der Waals surface area contributed by atoms with Gasteiger partial charge in [0.1, 0.15) is 11.0 Å². The fraction of sp³-hybridized carbons (Fsp3) is 0.269. The molecule has 2 aromatic heterocycles. The van der Waals surface area contributed by atoms with Crippen LogP contribution in [0.5, 0.6) is 11.5 Å². The van der Waals surface area contributed by atoms with Crippen LogP contribution in [0.3, 0.4) is 0 Å². The van der Waals surface area contributed by atoms with Gasteiger partial charge in [0.2, 0.25) is 0 Å². The highest BCUT2D eigenvalue weighted by Crippen LogP contribution is 2.32. The molecule has 2 heterocycles. The first-order chi connectivity index (χ1) is 16.9. The molecule has 0 fully saturated rings. The molecule has 4 rings (SSSR count). The van der Waals surface area contributed by atoms with Gasteiger partial charge in [-0.1, -0.05) is 29.8 Å². The number of hydrogen-bond donors (Lipinski definition) is 1. The highest BCUT2D eigenvalue weighted by Gasteiger charge is 2.16. The highest BCUT2D eigenvalue weighted by atomic mass is 32.1. The molecule has 0 bridgehead atoms. The van der Waals surface area contributed by atoms with Gasteiger partial charge in [-0.05, 0) is 37.6 Å². The van der Waals surface area contributed by atoms with Crippen molar-refractivity contribution in [3.8, 4) is 27.6 Å². The lowest BCUT2D eigenvalue weighted by molar-refractivity contribution is -0.133. The maximum absolute atomic E-state index is 13.3. The molecule has 8 nitrogen and oxygen atoms in total. The second-order valence-electron chi connectivity index (χ2n) is 7.93. The van der Waals surface area contributed by atoms with Crippen LogP contribution < -0.4 is 15.0 Å². The van der Waals surface area contributed by atoms with Gasteiger partial charge in [-0.2, -0.15) is 0 Å². The largest absolute Gasteiger partial charge is 0.493 e. The van der Waals surface area contributed by atoms with Gasteiger partial charge in [0, 0.05) is 24.0 Å². The molecule has 182 valence electrons. The first kappa shape index (κ1) is 24.4. The number of benzene rings is 2. The van der Waals surface area contributed by atoms with E-state index in [0.29, 0.717) is 33.9 Å². The number of carbonyl (C=O) groups excluding carboxylic acids is 1. The summed E-state index contributed by atoms with van der Waals surface area (Å²) in [5.74, 6) is 0.532. The van der Waals surface area contributed by atoms with Crippen LogP contribution in [-0.2, 0) is 4.79 Å². The Morgan fingerprint density at radius 3 is 2.60 bits per heavy atom. The van der Waals surface area contributed by atoms with Gasteiger partial charge in [0.15, 0.2) is 18.1 Å². The second kappa shape index (κ2) is 10.7. The lowest BCUT2D eigenvalue weighted by Crippen LogP contribution is -2.36. The van der Waals surface area contributed by atoms with Crippen LogP contribution in [0, 0.1) is 6.92 Å². The van der Waals surface area contributed by atoms with Crippen molar-refractivity contribution < 1.29 is 19.4 Å². The number of aryl methyl sites for hydroxylation is 1. The van der Waals surface area contributed by atoms with E-state index in [1.54, 1.807) is 18.2 Å². The number of aliphatic hydroxyl groups excluding tert-OH is 1. The maximum Gasteiger partial charge on any atom is 0.275 e. The molecule has 1 N–H and O–H groups in total. The van der Waals surface area contributed by atoms with E-state index >= 15 is 0 Å². The number of aromatic nitrogens is 2. The summed E-state index contributed by atoms with van der Waals surface area (Å²) in [5, 5.41) is 9.09. The Hall–Kier alpha value is -3.69. The lowest BCUT2D eigenvalue weighted by atomic mass is 10.1. The first-order valence-corrected chi connectivity index (χ1v) is 12.0. The van der Waals surface area contributed by atoms with E-state index in [1.165, 1.54) is 39.8 Å². The molecule has 4 aromatic rings. The third kappa shape index (κ3) is 5.21. The average molecular weight is 494 g/mol. The normalized spacial score (nSPS) is 11.0. The van der Waals surface area contributed by atoms with Crippen molar-refractivity contribution in [3.05, 3.63) is 70.8 Å². The molecule has 0 saturated heterocycles. The van der Waals surface area contributed by atoms with Crippen LogP contribution in [0.15, 0.2) is 59.7 Å². The van der Waals surface area contributed by atoms with E-state index < -0.39 is 0 Å². The second-order valence-corrected chi connectivity index (χ2v) is 8.98. The molecular formula is C26H27N3O5S. The predicted molar refractivity (Wildman–Crippen MR) is 137 cm³/mol. The Kier molecular flexibility index (Phi) is 7.48. The van der Waals surface area contributed by atoms with Crippen LogP contribution in [0.4, 0.5) is 0 Å². The van der Waals surface area contributed by atoms with Gasteiger partial charge in [-0.15, -0.1) is 11.3 Å². The Morgan fingerprint density at radius 2 is 1.91 bits per heavy atom.